The van der Waals surface area contributed by atoms with Gasteiger partial charge in [-0.25, -0.2) is 0 Å². The van der Waals surface area contributed by atoms with Crippen LogP contribution in [0.2, 0.25) is 5.02 Å². The van der Waals surface area contributed by atoms with Gasteiger partial charge in [-0.05, 0) is 68.7 Å². The molecule has 1 N–H and O–H groups in total. The number of carbonyl (C=O) groups is 1. The van der Waals surface area contributed by atoms with E-state index in [-0.39, 0.29) is 5.92 Å². The predicted octanol–water partition coefficient (Wildman–Crippen LogP) is 3.86. The van der Waals surface area contributed by atoms with Gasteiger partial charge in [-0.2, -0.15) is 0 Å². The van der Waals surface area contributed by atoms with E-state index < -0.39 is 0 Å². The minimum Gasteiger partial charge on any atom is -0.353 e. The van der Waals surface area contributed by atoms with Gasteiger partial charge in [-0.15, -0.1) is 0 Å². The maximum Gasteiger partial charge on any atom is 0.223 e. The Hall–Kier alpha value is -1.06. The summed E-state index contributed by atoms with van der Waals surface area (Å²) in [4.78, 5) is 15.0. The highest BCUT2D eigenvalue weighted by Crippen LogP contribution is 2.44. The fourth-order valence-electron chi connectivity index (χ4n) is 4.94. The number of halogens is 1. The number of likely N-dealkylation sites (tertiary alicyclic amines) is 1. The molecule has 3 nitrogen and oxygen atoms in total. The van der Waals surface area contributed by atoms with Crippen LogP contribution in [-0.4, -0.2) is 29.9 Å². The van der Waals surface area contributed by atoms with Gasteiger partial charge in [0.05, 0.1) is 0 Å². The van der Waals surface area contributed by atoms with Crippen molar-refractivity contribution in [2.45, 2.75) is 51.1 Å². The summed E-state index contributed by atoms with van der Waals surface area (Å²) in [5.41, 5.74) is 1.18. The van der Waals surface area contributed by atoms with Gasteiger partial charge in [0.2, 0.25) is 5.91 Å². The van der Waals surface area contributed by atoms with E-state index in [2.05, 4.69) is 16.3 Å². The lowest BCUT2D eigenvalue weighted by Gasteiger charge is -2.33. The normalized spacial score (nSPS) is 30.6. The number of amides is 1. The molecule has 0 unspecified atom stereocenters. The van der Waals surface area contributed by atoms with E-state index >= 15 is 0 Å². The van der Waals surface area contributed by atoms with Gasteiger partial charge in [0.25, 0.3) is 0 Å². The van der Waals surface area contributed by atoms with E-state index in [0.29, 0.717) is 11.9 Å². The first kappa shape index (κ1) is 16.4. The molecule has 130 valence electrons. The summed E-state index contributed by atoms with van der Waals surface area (Å²) >= 11 is 6.26. The van der Waals surface area contributed by atoms with E-state index in [0.717, 1.165) is 49.3 Å². The molecule has 2 saturated carbocycles. The lowest BCUT2D eigenvalue weighted by atomic mass is 9.92. The number of carbonyl (C=O) groups excluding carboxylic acids is 1. The minimum absolute atomic E-state index is 0.201. The Morgan fingerprint density at radius 2 is 1.92 bits per heavy atom. The van der Waals surface area contributed by atoms with Gasteiger partial charge in [0, 0.05) is 23.5 Å². The SMILES string of the molecule is O=C(N[C@H]1C[C@H]2CC[C@H]1C2)C1CCN(Cc2ccccc2Cl)CC1. The Labute approximate surface area is 149 Å². The average Bonchev–Trinajstić information content (AvgIpc) is 3.20. The van der Waals surface area contributed by atoms with Crippen LogP contribution in [0.25, 0.3) is 0 Å². The van der Waals surface area contributed by atoms with Crippen LogP contribution in [0.5, 0.6) is 0 Å². The number of nitrogens with zero attached hydrogens (tertiary/aromatic N) is 1. The molecule has 3 aliphatic rings. The van der Waals surface area contributed by atoms with Crippen molar-refractivity contribution in [2.24, 2.45) is 17.8 Å². The molecule has 3 fully saturated rings. The predicted molar refractivity (Wildman–Crippen MR) is 96.8 cm³/mol. The first-order valence-electron chi connectivity index (χ1n) is 9.45. The summed E-state index contributed by atoms with van der Waals surface area (Å²) < 4.78 is 0. The monoisotopic (exact) mass is 346 g/mol. The largest absolute Gasteiger partial charge is 0.353 e. The molecule has 0 radical (unpaired) electrons. The van der Waals surface area contributed by atoms with Crippen molar-refractivity contribution < 1.29 is 4.79 Å². The van der Waals surface area contributed by atoms with Crippen LogP contribution in [-0.2, 0) is 11.3 Å². The maximum atomic E-state index is 12.6. The molecule has 1 aromatic carbocycles. The highest BCUT2D eigenvalue weighted by Gasteiger charge is 2.40. The molecule has 1 saturated heterocycles. The quantitative estimate of drug-likeness (QED) is 0.897. The van der Waals surface area contributed by atoms with Crippen molar-refractivity contribution in [3.05, 3.63) is 34.9 Å². The molecule has 2 aliphatic carbocycles. The van der Waals surface area contributed by atoms with Gasteiger partial charge in [-0.3, -0.25) is 9.69 Å². The van der Waals surface area contributed by atoms with Gasteiger partial charge < -0.3 is 5.32 Å². The van der Waals surface area contributed by atoms with E-state index in [1.807, 2.05) is 18.2 Å². The Morgan fingerprint density at radius 3 is 2.58 bits per heavy atom. The fourth-order valence-corrected chi connectivity index (χ4v) is 5.14. The second kappa shape index (κ2) is 7.05. The standard InChI is InChI=1S/C20H27ClN2O/c21-18-4-2-1-3-17(18)13-23-9-7-15(8-10-23)20(24)22-19-12-14-5-6-16(19)11-14/h1-4,14-16,19H,5-13H2,(H,22,24)/t14-,16-,19-/m0/s1. The third kappa shape index (κ3) is 3.48. The van der Waals surface area contributed by atoms with Crippen molar-refractivity contribution >= 4 is 17.5 Å². The van der Waals surface area contributed by atoms with Crippen molar-refractivity contribution in [3.63, 3.8) is 0 Å². The molecule has 1 heterocycles. The van der Waals surface area contributed by atoms with Gasteiger partial charge in [0.1, 0.15) is 0 Å². The molecule has 0 spiro atoms. The lowest BCUT2D eigenvalue weighted by Crippen LogP contribution is -2.45. The second-order valence-corrected chi connectivity index (χ2v) is 8.34. The summed E-state index contributed by atoms with van der Waals surface area (Å²) in [6, 6.07) is 8.52. The fraction of sp³-hybridized carbons (Fsp3) is 0.650. The molecule has 4 rings (SSSR count). The molecule has 4 heteroatoms. The van der Waals surface area contributed by atoms with Crippen LogP contribution in [0.1, 0.15) is 44.1 Å². The van der Waals surface area contributed by atoms with E-state index in [4.69, 9.17) is 11.6 Å². The molecular formula is C20H27ClN2O. The van der Waals surface area contributed by atoms with Crippen molar-refractivity contribution in [3.8, 4) is 0 Å². The van der Waals surface area contributed by atoms with Crippen molar-refractivity contribution in [1.82, 2.24) is 10.2 Å². The smallest absolute Gasteiger partial charge is 0.223 e. The number of hydrogen-bond acceptors (Lipinski definition) is 2. The molecule has 0 aromatic heterocycles. The van der Waals surface area contributed by atoms with Crippen LogP contribution >= 0.6 is 11.6 Å². The summed E-state index contributed by atoms with van der Waals surface area (Å²) in [7, 11) is 0. The average molecular weight is 347 g/mol. The first-order chi connectivity index (χ1) is 11.7. The molecule has 1 aromatic rings. The number of fused-ring (bicyclic) bond motifs is 2. The molecule has 1 amide bonds. The summed E-state index contributed by atoms with van der Waals surface area (Å²) in [5.74, 6) is 2.16. The zero-order chi connectivity index (χ0) is 16.5. The Kier molecular flexibility index (Phi) is 4.82. The summed E-state index contributed by atoms with van der Waals surface area (Å²) in [6.45, 7) is 2.86. The van der Waals surface area contributed by atoms with Crippen molar-refractivity contribution in [2.75, 3.05) is 13.1 Å². The first-order valence-corrected chi connectivity index (χ1v) is 9.83. The van der Waals surface area contributed by atoms with E-state index in [9.17, 15) is 4.79 Å². The van der Waals surface area contributed by atoms with Gasteiger partial charge >= 0.3 is 0 Å². The highest BCUT2D eigenvalue weighted by molar-refractivity contribution is 6.31. The molecule has 3 atom stereocenters. The Bertz CT molecular complexity index is 597. The second-order valence-electron chi connectivity index (χ2n) is 7.93. The number of nitrogens with one attached hydrogen (secondary N) is 1. The highest BCUT2D eigenvalue weighted by atomic mass is 35.5. The third-order valence-corrected chi connectivity index (χ3v) is 6.74. The van der Waals surface area contributed by atoms with E-state index in [1.165, 1.54) is 31.2 Å². The summed E-state index contributed by atoms with van der Waals surface area (Å²) in [6.07, 6.45) is 7.22. The number of piperidine rings is 1. The molecule has 1 aliphatic heterocycles. The maximum absolute atomic E-state index is 12.6. The number of rotatable bonds is 4. The Morgan fingerprint density at radius 1 is 1.12 bits per heavy atom. The zero-order valence-corrected chi connectivity index (χ0v) is 15.0. The minimum atomic E-state index is 0.201. The Balaban J connectivity index is 1.25. The van der Waals surface area contributed by atoms with E-state index in [1.54, 1.807) is 0 Å². The number of benzene rings is 1. The van der Waals surface area contributed by atoms with Crippen LogP contribution in [0, 0.1) is 17.8 Å². The molecule has 2 bridgehead atoms. The van der Waals surface area contributed by atoms with Gasteiger partial charge in [-0.1, -0.05) is 36.2 Å². The summed E-state index contributed by atoms with van der Waals surface area (Å²) in [5, 5.41) is 4.22. The van der Waals surface area contributed by atoms with Gasteiger partial charge in [0.15, 0.2) is 0 Å². The number of hydrogen-bond donors (Lipinski definition) is 1. The van der Waals surface area contributed by atoms with Crippen LogP contribution < -0.4 is 5.32 Å². The van der Waals surface area contributed by atoms with Crippen molar-refractivity contribution in [1.29, 1.82) is 0 Å². The lowest BCUT2D eigenvalue weighted by molar-refractivity contribution is -0.127. The third-order valence-electron chi connectivity index (χ3n) is 6.38. The van der Waals surface area contributed by atoms with Crippen LogP contribution in [0.3, 0.4) is 0 Å². The molecular weight excluding hydrogens is 320 g/mol. The van der Waals surface area contributed by atoms with Crippen LogP contribution in [0.4, 0.5) is 0 Å². The topological polar surface area (TPSA) is 32.3 Å². The molecule has 24 heavy (non-hydrogen) atoms. The van der Waals surface area contributed by atoms with Crippen LogP contribution in [0.15, 0.2) is 24.3 Å². The zero-order valence-electron chi connectivity index (χ0n) is 14.2.